The van der Waals surface area contributed by atoms with Gasteiger partial charge >= 0.3 is 5.97 Å². The number of esters is 1. The summed E-state index contributed by atoms with van der Waals surface area (Å²) in [6.07, 6.45) is 3.12. The first-order chi connectivity index (χ1) is 13.1. The van der Waals surface area contributed by atoms with Gasteiger partial charge in [0.2, 0.25) is 0 Å². The van der Waals surface area contributed by atoms with Crippen molar-refractivity contribution in [1.29, 1.82) is 0 Å². The second-order valence-corrected chi connectivity index (χ2v) is 6.13. The highest BCUT2D eigenvalue weighted by atomic mass is 16.5. The van der Waals surface area contributed by atoms with Gasteiger partial charge in [0, 0.05) is 11.6 Å². The zero-order valence-corrected chi connectivity index (χ0v) is 15.4. The van der Waals surface area contributed by atoms with Crippen molar-refractivity contribution in [2.45, 2.75) is 20.1 Å². The molecule has 0 radical (unpaired) electrons. The molecule has 0 fully saturated rings. The van der Waals surface area contributed by atoms with Crippen molar-refractivity contribution in [3.05, 3.63) is 59.2 Å². The summed E-state index contributed by atoms with van der Waals surface area (Å²) in [4.78, 5) is 11.7. The van der Waals surface area contributed by atoms with Crippen LogP contribution in [0.1, 0.15) is 23.6 Å². The Hall–Kier alpha value is -2.89. The molecule has 3 rings (SSSR count). The molecule has 5 heteroatoms. The van der Waals surface area contributed by atoms with Gasteiger partial charge in [-0.3, -0.25) is 0 Å². The van der Waals surface area contributed by atoms with E-state index < -0.39 is 5.97 Å². The minimum Gasteiger partial charge on any atom is -0.496 e. The lowest BCUT2D eigenvalue weighted by atomic mass is 9.94. The molecule has 0 amide bonds. The molecule has 0 bridgehead atoms. The fourth-order valence-electron chi connectivity index (χ4n) is 3.19. The molecule has 0 aromatic heterocycles. The average Bonchev–Trinajstić information content (AvgIpc) is 2.70. The molecule has 0 unspecified atom stereocenters. The maximum Gasteiger partial charge on any atom is 0.330 e. The summed E-state index contributed by atoms with van der Waals surface area (Å²) in [5.41, 5.74) is 2.32. The lowest BCUT2D eigenvalue weighted by molar-refractivity contribution is -0.137. The van der Waals surface area contributed by atoms with Crippen LogP contribution in [-0.2, 0) is 22.7 Å². The number of aliphatic hydroxyl groups excluding tert-OH is 2. The summed E-state index contributed by atoms with van der Waals surface area (Å²) in [5.74, 6) is 0.175. The maximum absolute atomic E-state index is 11.7. The average molecular weight is 366 g/mol. The van der Waals surface area contributed by atoms with Crippen LogP contribution < -0.4 is 4.74 Å². The van der Waals surface area contributed by atoms with Gasteiger partial charge in [-0.25, -0.2) is 4.79 Å². The summed E-state index contributed by atoms with van der Waals surface area (Å²) in [5, 5.41) is 22.9. The third-order valence-corrected chi connectivity index (χ3v) is 4.49. The fourth-order valence-corrected chi connectivity index (χ4v) is 3.19. The van der Waals surface area contributed by atoms with E-state index in [1.54, 1.807) is 20.1 Å². The van der Waals surface area contributed by atoms with Gasteiger partial charge in [0.25, 0.3) is 0 Å². The van der Waals surface area contributed by atoms with Crippen LogP contribution in [0.15, 0.2) is 42.5 Å². The number of rotatable bonds is 6. The van der Waals surface area contributed by atoms with Crippen molar-refractivity contribution in [1.82, 2.24) is 0 Å². The quantitative estimate of drug-likeness (QED) is 0.396. The van der Waals surface area contributed by atoms with Crippen LogP contribution in [0, 0.1) is 0 Å². The first-order valence-corrected chi connectivity index (χ1v) is 8.74. The van der Waals surface area contributed by atoms with E-state index in [9.17, 15) is 15.0 Å². The van der Waals surface area contributed by atoms with Gasteiger partial charge in [0.1, 0.15) is 5.75 Å². The fraction of sp³-hybridized carbons (Fsp3) is 0.227. The monoisotopic (exact) mass is 366 g/mol. The third-order valence-electron chi connectivity index (χ3n) is 4.49. The minimum absolute atomic E-state index is 0.0506. The van der Waals surface area contributed by atoms with Gasteiger partial charge in [-0.15, -0.1) is 0 Å². The Balaban J connectivity index is 2.31. The van der Waals surface area contributed by atoms with Crippen molar-refractivity contribution in [3.63, 3.8) is 0 Å². The standard InChI is InChI=1S/C22H22O5/c1-3-27-22(25)7-6-16-9-15-5-4-14(12-23)8-18(15)20-10-17(13-24)21(26-2)11-19(16)20/h4-11,23-24H,3,12-13H2,1-2H3/b7-6+. The van der Waals surface area contributed by atoms with Crippen LogP contribution in [0.25, 0.3) is 27.6 Å². The normalized spacial score (nSPS) is 11.4. The maximum atomic E-state index is 11.7. The van der Waals surface area contributed by atoms with Crippen molar-refractivity contribution in [2.75, 3.05) is 13.7 Å². The molecule has 0 aliphatic carbocycles. The lowest BCUT2D eigenvalue weighted by Gasteiger charge is -2.14. The smallest absolute Gasteiger partial charge is 0.330 e. The summed E-state index contributed by atoms with van der Waals surface area (Å²) < 4.78 is 10.4. The second kappa shape index (κ2) is 8.20. The van der Waals surface area contributed by atoms with Crippen molar-refractivity contribution < 1.29 is 24.5 Å². The van der Waals surface area contributed by atoms with Gasteiger partial charge in [-0.05, 0) is 69.9 Å². The SMILES string of the molecule is CCOC(=O)/C=C/c1cc2ccc(CO)cc2c2cc(CO)c(OC)cc12. The van der Waals surface area contributed by atoms with Gasteiger partial charge in [-0.2, -0.15) is 0 Å². The number of carbonyl (C=O) groups is 1. The van der Waals surface area contributed by atoms with Gasteiger partial charge in [0.15, 0.2) is 0 Å². The van der Waals surface area contributed by atoms with E-state index in [4.69, 9.17) is 9.47 Å². The zero-order valence-electron chi connectivity index (χ0n) is 15.4. The van der Waals surface area contributed by atoms with Crippen LogP contribution in [0.3, 0.4) is 0 Å². The van der Waals surface area contributed by atoms with Crippen LogP contribution in [-0.4, -0.2) is 29.9 Å². The molecular weight excluding hydrogens is 344 g/mol. The van der Waals surface area contributed by atoms with E-state index in [1.165, 1.54) is 6.08 Å². The molecule has 0 aliphatic heterocycles. The Kier molecular flexibility index (Phi) is 5.74. The van der Waals surface area contributed by atoms with Crippen LogP contribution in [0.2, 0.25) is 0 Å². The van der Waals surface area contributed by atoms with E-state index in [1.807, 2.05) is 36.4 Å². The highest BCUT2D eigenvalue weighted by Crippen LogP contribution is 2.35. The Morgan fingerprint density at radius 3 is 2.52 bits per heavy atom. The van der Waals surface area contributed by atoms with Gasteiger partial charge in [-0.1, -0.05) is 12.1 Å². The van der Waals surface area contributed by atoms with E-state index in [0.29, 0.717) is 17.9 Å². The van der Waals surface area contributed by atoms with Crippen molar-refractivity contribution in [2.24, 2.45) is 0 Å². The minimum atomic E-state index is -0.402. The Morgan fingerprint density at radius 1 is 1.04 bits per heavy atom. The molecule has 0 saturated heterocycles. The third kappa shape index (κ3) is 3.79. The molecule has 0 aliphatic rings. The summed E-state index contributed by atoms with van der Waals surface area (Å²) in [6.45, 7) is 1.88. The van der Waals surface area contributed by atoms with Crippen molar-refractivity contribution >= 4 is 33.6 Å². The number of methoxy groups -OCH3 is 1. The molecule has 27 heavy (non-hydrogen) atoms. The molecule has 3 aromatic carbocycles. The van der Waals surface area contributed by atoms with Crippen molar-refractivity contribution in [3.8, 4) is 5.75 Å². The first-order valence-electron chi connectivity index (χ1n) is 8.74. The van der Waals surface area contributed by atoms with Gasteiger partial charge < -0.3 is 19.7 Å². The summed E-state index contributed by atoms with van der Waals surface area (Å²) >= 11 is 0. The molecule has 0 heterocycles. The molecule has 0 saturated carbocycles. The van der Waals surface area contributed by atoms with Crippen LogP contribution >= 0.6 is 0 Å². The Bertz CT molecular complexity index is 1020. The first kappa shape index (κ1) is 18.9. The number of aliphatic hydroxyl groups is 2. The largest absolute Gasteiger partial charge is 0.496 e. The molecule has 2 N–H and O–H groups in total. The molecule has 140 valence electrons. The predicted octanol–water partition coefficient (Wildman–Crippen LogP) is 3.56. The van der Waals surface area contributed by atoms with Crippen LogP contribution in [0.5, 0.6) is 5.75 Å². The number of hydrogen-bond donors (Lipinski definition) is 2. The topological polar surface area (TPSA) is 76.0 Å². The molecule has 5 nitrogen and oxygen atoms in total. The number of fused-ring (bicyclic) bond motifs is 3. The number of benzene rings is 3. The number of hydrogen-bond acceptors (Lipinski definition) is 5. The van der Waals surface area contributed by atoms with Gasteiger partial charge in [0.05, 0.1) is 26.9 Å². The number of ether oxygens (including phenoxy) is 2. The molecule has 3 aromatic rings. The summed E-state index contributed by atoms with van der Waals surface area (Å²) in [7, 11) is 1.55. The zero-order chi connectivity index (χ0) is 19.4. The predicted molar refractivity (Wildman–Crippen MR) is 106 cm³/mol. The van der Waals surface area contributed by atoms with Crippen LogP contribution in [0.4, 0.5) is 0 Å². The molecular formula is C22H22O5. The van der Waals surface area contributed by atoms with E-state index >= 15 is 0 Å². The molecule has 0 atom stereocenters. The lowest BCUT2D eigenvalue weighted by Crippen LogP contribution is -1.99. The number of carbonyl (C=O) groups excluding carboxylic acids is 1. The Labute approximate surface area is 157 Å². The van der Waals surface area contributed by atoms with E-state index in [-0.39, 0.29) is 13.2 Å². The van der Waals surface area contributed by atoms with E-state index in [0.717, 1.165) is 32.7 Å². The highest BCUT2D eigenvalue weighted by molar-refractivity contribution is 6.12. The van der Waals surface area contributed by atoms with E-state index in [2.05, 4.69) is 0 Å². The molecule has 0 spiro atoms. The second-order valence-electron chi connectivity index (χ2n) is 6.13. The Morgan fingerprint density at radius 2 is 1.85 bits per heavy atom. The highest BCUT2D eigenvalue weighted by Gasteiger charge is 2.11. The summed E-state index contributed by atoms with van der Waals surface area (Å²) in [6, 6.07) is 11.5.